The molecule has 2 saturated carbocycles. The summed E-state index contributed by atoms with van der Waals surface area (Å²) in [5.74, 6) is 0.753. The van der Waals surface area contributed by atoms with Crippen molar-refractivity contribution in [2.45, 2.75) is 19.3 Å². The van der Waals surface area contributed by atoms with Gasteiger partial charge < -0.3 is 10.6 Å². The molecule has 0 unspecified atom stereocenters. The van der Waals surface area contributed by atoms with Crippen LogP contribution in [0.25, 0.3) is 0 Å². The van der Waals surface area contributed by atoms with Crippen molar-refractivity contribution >= 4 is 11.8 Å². The van der Waals surface area contributed by atoms with Gasteiger partial charge in [0.05, 0.1) is 11.8 Å². The van der Waals surface area contributed by atoms with Gasteiger partial charge in [0.25, 0.3) is 0 Å². The molecule has 15 heavy (non-hydrogen) atoms. The van der Waals surface area contributed by atoms with Crippen LogP contribution in [-0.4, -0.2) is 25.9 Å². The van der Waals surface area contributed by atoms with Crippen LogP contribution in [0.5, 0.6) is 0 Å². The number of hydrogen-bond donors (Lipinski definition) is 2. The molecule has 0 spiro atoms. The predicted octanol–water partition coefficient (Wildman–Crippen LogP) is 0.141. The molecule has 2 amide bonds. The molecule has 2 aliphatic rings. The fourth-order valence-corrected chi connectivity index (χ4v) is 3.38. The maximum absolute atomic E-state index is 11.7. The van der Waals surface area contributed by atoms with Gasteiger partial charge in [0.2, 0.25) is 11.8 Å². The van der Waals surface area contributed by atoms with E-state index in [1.807, 2.05) is 0 Å². The smallest absolute Gasteiger partial charge is 0.223 e. The quantitative estimate of drug-likeness (QED) is 0.681. The molecule has 0 radical (unpaired) electrons. The first-order valence-electron chi connectivity index (χ1n) is 5.62. The molecule has 2 bridgehead atoms. The number of carbonyl (C=O) groups excluding carboxylic acids is 2. The summed E-state index contributed by atoms with van der Waals surface area (Å²) in [7, 11) is 3.30. The van der Waals surface area contributed by atoms with Crippen molar-refractivity contribution in [3.05, 3.63) is 0 Å². The van der Waals surface area contributed by atoms with E-state index in [9.17, 15) is 9.59 Å². The van der Waals surface area contributed by atoms with E-state index >= 15 is 0 Å². The van der Waals surface area contributed by atoms with E-state index < -0.39 is 0 Å². The SMILES string of the molecule is CNC(=O)[C@@H]1[C@H]2CC[C@@H](C2)[C@@H]1C(=O)NC. The zero-order chi connectivity index (χ0) is 11.0. The molecule has 0 aromatic carbocycles. The van der Waals surface area contributed by atoms with Crippen LogP contribution >= 0.6 is 0 Å². The van der Waals surface area contributed by atoms with Crippen LogP contribution in [0, 0.1) is 23.7 Å². The van der Waals surface area contributed by atoms with Crippen molar-refractivity contribution in [2.24, 2.45) is 23.7 Å². The highest BCUT2D eigenvalue weighted by Gasteiger charge is 2.53. The number of fused-ring (bicyclic) bond motifs is 2. The first-order valence-corrected chi connectivity index (χ1v) is 5.62. The van der Waals surface area contributed by atoms with Gasteiger partial charge in [-0.2, -0.15) is 0 Å². The van der Waals surface area contributed by atoms with Crippen molar-refractivity contribution in [1.82, 2.24) is 10.6 Å². The predicted molar refractivity (Wildman–Crippen MR) is 55.9 cm³/mol. The van der Waals surface area contributed by atoms with Crippen LogP contribution in [0.1, 0.15) is 19.3 Å². The Morgan fingerprint density at radius 1 is 0.933 bits per heavy atom. The van der Waals surface area contributed by atoms with E-state index in [0.29, 0.717) is 11.8 Å². The lowest BCUT2D eigenvalue weighted by molar-refractivity contribution is -0.136. The summed E-state index contributed by atoms with van der Waals surface area (Å²) in [5, 5.41) is 5.36. The van der Waals surface area contributed by atoms with E-state index in [-0.39, 0.29) is 23.7 Å². The Morgan fingerprint density at radius 3 is 1.67 bits per heavy atom. The molecule has 4 nitrogen and oxygen atoms in total. The van der Waals surface area contributed by atoms with Gasteiger partial charge in [0.1, 0.15) is 0 Å². The lowest BCUT2D eigenvalue weighted by atomic mass is 9.78. The number of amides is 2. The molecule has 2 rings (SSSR count). The minimum Gasteiger partial charge on any atom is -0.359 e. The lowest BCUT2D eigenvalue weighted by Crippen LogP contribution is -2.43. The van der Waals surface area contributed by atoms with Crippen molar-refractivity contribution in [1.29, 1.82) is 0 Å². The molecule has 2 N–H and O–H groups in total. The molecule has 4 heteroatoms. The molecule has 0 aliphatic heterocycles. The Hall–Kier alpha value is -1.06. The summed E-state index contributed by atoms with van der Waals surface area (Å²) >= 11 is 0. The van der Waals surface area contributed by atoms with Crippen molar-refractivity contribution in [2.75, 3.05) is 14.1 Å². The fourth-order valence-electron chi connectivity index (χ4n) is 3.38. The third-order valence-electron chi connectivity index (χ3n) is 4.01. The third-order valence-corrected chi connectivity index (χ3v) is 4.01. The summed E-state index contributed by atoms with van der Waals surface area (Å²) in [6.45, 7) is 0. The van der Waals surface area contributed by atoms with Gasteiger partial charge in [-0.1, -0.05) is 0 Å². The maximum Gasteiger partial charge on any atom is 0.223 e. The fraction of sp³-hybridized carbons (Fsp3) is 0.818. The average Bonchev–Trinajstić information content (AvgIpc) is 2.86. The van der Waals surface area contributed by atoms with Gasteiger partial charge in [-0.3, -0.25) is 9.59 Å². The molecular weight excluding hydrogens is 192 g/mol. The van der Waals surface area contributed by atoms with Gasteiger partial charge in [-0.15, -0.1) is 0 Å². The van der Waals surface area contributed by atoms with Crippen molar-refractivity contribution < 1.29 is 9.59 Å². The monoisotopic (exact) mass is 210 g/mol. The summed E-state index contributed by atoms with van der Waals surface area (Å²) in [5.41, 5.74) is 0. The van der Waals surface area contributed by atoms with E-state index in [1.165, 1.54) is 0 Å². The minimum atomic E-state index is -0.0892. The second kappa shape index (κ2) is 3.83. The summed E-state index contributed by atoms with van der Waals surface area (Å²) in [6, 6.07) is 0. The molecule has 2 fully saturated rings. The zero-order valence-electron chi connectivity index (χ0n) is 9.25. The number of hydrogen-bond acceptors (Lipinski definition) is 2. The largest absolute Gasteiger partial charge is 0.359 e. The van der Waals surface area contributed by atoms with E-state index in [2.05, 4.69) is 10.6 Å². The zero-order valence-corrected chi connectivity index (χ0v) is 9.25. The van der Waals surface area contributed by atoms with E-state index in [0.717, 1.165) is 19.3 Å². The molecule has 2 aliphatic carbocycles. The van der Waals surface area contributed by atoms with Crippen LogP contribution in [-0.2, 0) is 9.59 Å². The first-order chi connectivity index (χ1) is 7.19. The van der Waals surface area contributed by atoms with Gasteiger partial charge >= 0.3 is 0 Å². The van der Waals surface area contributed by atoms with Crippen molar-refractivity contribution in [3.8, 4) is 0 Å². The van der Waals surface area contributed by atoms with E-state index in [4.69, 9.17) is 0 Å². The highest BCUT2D eigenvalue weighted by atomic mass is 16.2. The summed E-state index contributed by atoms with van der Waals surface area (Å²) in [4.78, 5) is 23.5. The molecular formula is C11H18N2O2. The maximum atomic E-state index is 11.7. The number of nitrogens with one attached hydrogen (secondary N) is 2. The Labute approximate surface area is 89.8 Å². The van der Waals surface area contributed by atoms with Gasteiger partial charge in [0.15, 0.2) is 0 Å². The minimum absolute atomic E-state index is 0.0378. The Bertz CT molecular complexity index is 262. The Kier molecular flexibility index (Phi) is 2.67. The summed E-state index contributed by atoms with van der Waals surface area (Å²) < 4.78 is 0. The van der Waals surface area contributed by atoms with Gasteiger partial charge in [-0.05, 0) is 31.1 Å². The second-order valence-electron chi connectivity index (χ2n) is 4.61. The van der Waals surface area contributed by atoms with Crippen LogP contribution in [0.2, 0.25) is 0 Å². The van der Waals surface area contributed by atoms with Crippen LogP contribution < -0.4 is 10.6 Å². The molecule has 4 atom stereocenters. The number of rotatable bonds is 2. The van der Waals surface area contributed by atoms with Gasteiger partial charge in [-0.25, -0.2) is 0 Å². The highest BCUT2D eigenvalue weighted by Crippen LogP contribution is 2.52. The topological polar surface area (TPSA) is 58.2 Å². The molecule has 0 aromatic rings. The number of carbonyl (C=O) groups is 2. The Balaban J connectivity index is 2.19. The summed E-state index contributed by atoms with van der Waals surface area (Å²) in [6.07, 6.45) is 3.27. The van der Waals surface area contributed by atoms with Gasteiger partial charge in [0, 0.05) is 14.1 Å². The normalized spacial score (nSPS) is 37.7. The van der Waals surface area contributed by atoms with Crippen molar-refractivity contribution in [3.63, 3.8) is 0 Å². The van der Waals surface area contributed by atoms with E-state index in [1.54, 1.807) is 14.1 Å². The Morgan fingerprint density at radius 2 is 1.33 bits per heavy atom. The highest BCUT2D eigenvalue weighted by molar-refractivity contribution is 5.88. The average molecular weight is 210 g/mol. The first kappa shape index (κ1) is 10.5. The molecule has 0 saturated heterocycles. The third kappa shape index (κ3) is 1.52. The lowest BCUT2D eigenvalue weighted by Gasteiger charge is -2.28. The molecule has 0 aromatic heterocycles. The second-order valence-corrected chi connectivity index (χ2v) is 4.61. The van der Waals surface area contributed by atoms with Crippen LogP contribution in [0.15, 0.2) is 0 Å². The van der Waals surface area contributed by atoms with Crippen LogP contribution in [0.3, 0.4) is 0 Å². The molecule has 84 valence electrons. The molecule has 0 heterocycles. The standard InChI is InChI=1S/C11H18N2O2/c1-12-10(14)8-6-3-4-7(5-6)9(8)11(15)13-2/h6-9H,3-5H2,1-2H3,(H,12,14)(H,13,15)/t6-,7-,8-,9+/m0/s1. The van der Waals surface area contributed by atoms with Crippen LogP contribution in [0.4, 0.5) is 0 Å².